The Morgan fingerprint density at radius 3 is 2.67 bits per heavy atom. The van der Waals surface area contributed by atoms with Gasteiger partial charge in [0.2, 0.25) is 11.6 Å². The third-order valence-corrected chi connectivity index (χ3v) is 4.31. The van der Waals surface area contributed by atoms with Crippen LogP contribution in [0.4, 0.5) is 31.8 Å². The number of nitrogens with one attached hydrogen (secondary N) is 2. The Morgan fingerprint density at radius 2 is 1.96 bits per heavy atom. The standard InChI is InChI=1S/C18H19F2N5O2/c19-14-7-6-13(10-15(14)20)24-18-16(25(26)27)17(22-11-23-18)21-9-8-12-4-2-1-3-5-12/h4,6-7,10-11H,1-3,5,8-9H2,(H2,21,22,23,24). The van der Waals surface area contributed by atoms with Crippen molar-refractivity contribution in [3.05, 3.63) is 57.9 Å². The van der Waals surface area contributed by atoms with Crippen LogP contribution in [0, 0.1) is 21.7 Å². The Bertz CT molecular complexity index is 873. The van der Waals surface area contributed by atoms with E-state index in [4.69, 9.17) is 0 Å². The summed E-state index contributed by atoms with van der Waals surface area (Å²) in [5.41, 5.74) is 1.14. The van der Waals surface area contributed by atoms with E-state index in [1.165, 1.54) is 30.8 Å². The normalized spacial score (nSPS) is 13.8. The maximum Gasteiger partial charge on any atom is 0.353 e. The van der Waals surface area contributed by atoms with Gasteiger partial charge < -0.3 is 10.6 Å². The fraction of sp³-hybridized carbons (Fsp3) is 0.333. The van der Waals surface area contributed by atoms with Crippen LogP contribution in [-0.2, 0) is 0 Å². The van der Waals surface area contributed by atoms with Crippen LogP contribution in [0.1, 0.15) is 32.1 Å². The molecule has 2 aromatic rings. The molecule has 0 saturated carbocycles. The number of allylic oxidation sites excluding steroid dienone is 1. The van der Waals surface area contributed by atoms with Crippen molar-refractivity contribution in [2.75, 3.05) is 17.2 Å². The van der Waals surface area contributed by atoms with Crippen LogP contribution < -0.4 is 10.6 Å². The molecule has 0 fully saturated rings. The van der Waals surface area contributed by atoms with Gasteiger partial charge in [0.15, 0.2) is 11.6 Å². The molecule has 1 aromatic carbocycles. The second kappa shape index (κ2) is 8.52. The van der Waals surface area contributed by atoms with Crippen LogP contribution in [-0.4, -0.2) is 21.4 Å². The third-order valence-electron chi connectivity index (χ3n) is 4.31. The molecule has 0 saturated heterocycles. The maximum absolute atomic E-state index is 13.4. The second-order valence-corrected chi connectivity index (χ2v) is 6.22. The van der Waals surface area contributed by atoms with Crippen molar-refractivity contribution in [2.24, 2.45) is 0 Å². The Hall–Kier alpha value is -3.10. The SMILES string of the molecule is O=[N+]([O-])c1c(NCCC2=CCCCC2)ncnc1Nc1ccc(F)c(F)c1. The lowest BCUT2D eigenvalue weighted by molar-refractivity contribution is -0.383. The second-order valence-electron chi connectivity index (χ2n) is 6.22. The zero-order chi connectivity index (χ0) is 19.2. The molecule has 0 aliphatic heterocycles. The fourth-order valence-electron chi connectivity index (χ4n) is 2.96. The fourth-order valence-corrected chi connectivity index (χ4v) is 2.96. The highest BCUT2D eigenvalue weighted by Gasteiger charge is 2.23. The summed E-state index contributed by atoms with van der Waals surface area (Å²) in [6, 6.07) is 3.11. The number of halogens is 2. The van der Waals surface area contributed by atoms with E-state index in [1.807, 2.05) is 0 Å². The quantitative estimate of drug-likeness (QED) is 0.414. The number of hydrogen-bond acceptors (Lipinski definition) is 6. The molecule has 7 nitrogen and oxygen atoms in total. The summed E-state index contributed by atoms with van der Waals surface area (Å²) in [4.78, 5) is 18.7. The average Bonchev–Trinajstić information content (AvgIpc) is 2.65. The molecule has 0 bridgehead atoms. The zero-order valence-corrected chi connectivity index (χ0v) is 14.5. The highest BCUT2D eigenvalue weighted by atomic mass is 19.2. The lowest BCUT2D eigenvalue weighted by atomic mass is 9.97. The summed E-state index contributed by atoms with van der Waals surface area (Å²) in [6.45, 7) is 0.508. The molecule has 0 spiro atoms. The molecule has 9 heteroatoms. The van der Waals surface area contributed by atoms with Gasteiger partial charge in [-0.3, -0.25) is 10.1 Å². The summed E-state index contributed by atoms with van der Waals surface area (Å²) in [5, 5.41) is 17.2. The highest BCUT2D eigenvalue weighted by molar-refractivity contribution is 5.73. The number of benzene rings is 1. The summed E-state index contributed by atoms with van der Waals surface area (Å²) >= 11 is 0. The van der Waals surface area contributed by atoms with Crippen LogP contribution in [0.2, 0.25) is 0 Å². The number of nitro groups is 1. The molecule has 0 amide bonds. The van der Waals surface area contributed by atoms with Gasteiger partial charge in [-0.05, 0) is 44.2 Å². The van der Waals surface area contributed by atoms with Crippen LogP contribution >= 0.6 is 0 Å². The predicted octanol–water partition coefficient (Wildman–Crippen LogP) is 4.71. The first kappa shape index (κ1) is 18.7. The lowest BCUT2D eigenvalue weighted by Crippen LogP contribution is -2.10. The minimum atomic E-state index is -1.06. The Balaban J connectivity index is 1.76. The molecular formula is C18H19F2N5O2. The van der Waals surface area contributed by atoms with Gasteiger partial charge in [0.25, 0.3) is 0 Å². The Labute approximate surface area is 154 Å². The summed E-state index contributed by atoms with van der Waals surface area (Å²) in [5.74, 6) is -2.08. The van der Waals surface area contributed by atoms with Crippen LogP contribution in [0.15, 0.2) is 36.2 Å². The van der Waals surface area contributed by atoms with Gasteiger partial charge in [0, 0.05) is 18.3 Å². The first-order valence-electron chi connectivity index (χ1n) is 8.68. The lowest BCUT2D eigenvalue weighted by Gasteiger charge is -2.14. The number of hydrogen-bond donors (Lipinski definition) is 2. The summed E-state index contributed by atoms with van der Waals surface area (Å²) in [7, 11) is 0. The summed E-state index contributed by atoms with van der Waals surface area (Å²) in [6.07, 6.45) is 8.68. The van der Waals surface area contributed by atoms with E-state index in [9.17, 15) is 18.9 Å². The Kier molecular flexibility index (Phi) is 5.90. The van der Waals surface area contributed by atoms with Crippen LogP contribution in [0.3, 0.4) is 0 Å². The molecule has 0 atom stereocenters. The smallest absolute Gasteiger partial charge is 0.353 e. The van der Waals surface area contributed by atoms with Crippen LogP contribution in [0.5, 0.6) is 0 Å². The molecule has 3 rings (SSSR count). The van der Waals surface area contributed by atoms with Gasteiger partial charge in [-0.15, -0.1) is 0 Å². The van der Waals surface area contributed by atoms with Crippen molar-refractivity contribution in [3.8, 4) is 0 Å². The number of nitrogens with zero attached hydrogens (tertiary/aromatic N) is 3. The zero-order valence-electron chi connectivity index (χ0n) is 14.5. The molecule has 142 valence electrons. The van der Waals surface area contributed by atoms with Gasteiger partial charge in [-0.25, -0.2) is 18.7 Å². The van der Waals surface area contributed by atoms with Gasteiger partial charge in [0.1, 0.15) is 6.33 Å². The van der Waals surface area contributed by atoms with Crippen molar-refractivity contribution in [1.82, 2.24) is 9.97 Å². The molecule has 2 N–H and O–H groups in total. The molecule has 0 unspecified atom stereocenters. The molecular weight excluding hydrogens is 356 g/mol. The summed E-state index contributed by atoms with van der Waals surface area (Å²) < 4.78 is 26.4. The van der Waals surface area contributed by atoms with Crippen molar-refractivity contribution >= 4 is 23.0 Å². The predicted molar refractivity (Wildman–Crippen MR) is 98.0 cm³/mol. The number of aromatic nitrogens is 2. The van der Waals surface area contributed by atoms with E-state index >= 15 is 0 Å². The van der Waals surface area contributed by atoms with Crippen molar-refractivity contribution < 1.29 is 13.7 Å². The van der Waals surface area contributed by atoms with Crippen LogP contribution in [0.25, 0.3) is 0 Å². The van der Waals surface area contributed by atoms with E-state index in [1.54, 1.807) is 0 Å². The molecule has 0 radical (unpaired) electrons. The molecule has 1 aromatic heterocycles. The Morgan fingerprint density at radius 1 is 1.15 bits per heavy atom. The average molecular weight is 375 g/mol. The van der Waals surface area contributed by atoms with Crippen molar-refractivity contribution in [3.63, 3.8) is 0 Å². The topological polar surface area (TPSA) is 93.0 Å². The number of rotatable bonds is 7. The van der Waals surface area contributed by atoms with Gasteiger partial charge >= 0.3 is 5.69 Å². The first-order valence-corrected chi connectivity index (χ1v) is 8.68. The third kappa shape index (κ3) is 4.75. The highest BCUT2D eigenvalue weighted by Crippen LogP contribution is 2.31. The monoisotopic (exact) mass is 375 g/mol. The van der Waals surface area contributed by atoms with E-state index in [2.05, 4.69) is 26.7 Å². The van der Waals surface area contributed by atoms with Crippen molar-refractivity contribution in [2.45, 2.75) is 32.1 Å². The first-order chi connectivity index (χ1) is 13.0. The van der Waals surface area contributed by atoms with Gasteiger partial charge in [-0.1, -0.05) is 11.6 Å². The van der Waals surface area contributed by atoms with Crippen molar-refractivity contribution in [1.29, 1.82) is 0 Å². The largest absolute Gasteiger partial charge is 0.364 e. The maximum atomic E-state index is 13.4. The molecule has 27 heavy (non-hydrogen) atoms. The van der Waals surface area contributed by atoms with E-state index < -0.39 is 16.6 Å². The number of anilines is 3. The van der Waals surface area contributed by atoms with E-state index in [-0.39, 0.29) is 23.0 Å². The van der Waals surface area contributed by atoms with E-state index in [0.29, 0.717) is 6.54 Å². The van der Waals surface area contributed by atoms with Gasteiger partial charge in [-0.2, -0.15) is 0 Å². The molecule has 1 aliphatic rings. The minimum absolute atomic E-state index is 0.0801. The minimum Gasteiger partial charge on any atom is -0.364 e. The molecule has 1 heterocycles. The molecule has 1 aliphatic carbocycles. The van der Waals surface area contributed by atoms with E-state index in [0.717, 1.165) is 31.4 Å². The van der Waals surface area contributed by atoms with Gasteiger partial charge in [0.05, 0.1) is 4.92 Å².